The van der Waals surface area contributed by atoms with E-state index in [9.17, 15) is 4.79 Å². The lowest BCUT2D eigenvalue weighted by atomic mass is 10.6. The molecule has 0 bridgehead atoms. The Bertz CT molecular complexity index is 182. The molecule has 0 aromatic carbocycles. The van der Waals surface area contributed by atoms with Crippen LogP contribution in [-0.4, -0.2) is 13.0 Å². The zero-order chi connectivity index (χ0) is 5.28. The van der Waals surface area contributed by atoms with Gasteiger partial charge in [-0.1, -0.05) is 0 Å². The molecule has 7 heavy (non-hydrogen) atoms. The average molecular weight is 101 g/mol. The summed E-state index contributed by atoms with van der Waals surface area (Å²) in [6, 6.07) is 0. The molecule has 6 heteroatoms. The molecule has 0 atom stereocenters. The van der Waals surface area contributed by atoms with Gasteiger partial charge in [0.1, 0.15) is 0 Å². The Labute approximate surface area is 38.7 Å². The van der Waals surface area contributed by atoms with E-state index < -0.39 is 5.76 Å². The van der Waals surface area contributed by atoms with Crippen molar-refractivity contribution in [1.82, 2.24) is 4.90 Å². The molecular weight excluding hydrogens is 101 g/mol. The molecule has 0 fully saturated rings. The van der Waals surface area contributed by atoms with Gasteiger partial charge >= 0.3 is 13.8 Å². The van der Waals surface area contributed by atoms with Crippen molar-refractivity contribution in [3.63, 3.8) is 0 Å². The van der Waals surface area contributed by atoms with Gasteiger partial charge in [-0.25, -0.2) is 4.79 Å². The van der Waals surface area contributed by atoms with Crippen molar-refractivity contribution in [2.45, 2.75) is 0 Å². The van der Waals surface area contributed by atoms with Gasteiger partial charge in [0.2, 0.25) is 0 Å². The van der Waals surface area contributed by atoms with Crippen LogP contribution < -0.4 is 10.5 Å². The van der Waals surface area contributed by atoms with Crippen LogP contribution in [0.15, 0.2) is 14.1 Å². The summed E-state index contributed by atoms with van der Waals surface area (Å²) in [6.07, 6.45) is 0. The minimum Gasteiger partial charge on any atom is -0.462 e. The van der Waals surface area contributed by atoms with E-state index in [1.54, 1.807) is 0 Å². The first kappa shape index (κ1) is 4.10. The monoisotopic (exact) mass is 101 g/mol. The van der Waals surface area contributed by atoms with Crippen molar-refractivity contribution in [2.24, 2.45) is 0 Å². The molecule has 0 saturated heterocycles. The second kappa shape index (κ2) is 1.21. The van der Waals surface area contributed by atoms with E-state index in [1.165, 1.54) is 0 Å². The van der Waals surface area contributed by atoms with E-state index in [1.807, 2.05) is 0 Å². The summed E-state index contributed by atoms with van der Waals surface area (Å²) in [5, 5.41) is 0. The average Bonchev–Trinajstić information content (AvgIpc) is 1.65. The molecule has 1 rings (SSSR count). The molecule has 0 aliphatic carbocycles. The Morgan fingerprint density at radius 3 is 2.57 bits per heavy atom. The molecule has 36 valence electrons. The molecule has 1 aromatic rings. The summed E-state index contributed by atoms with van der Waals surface area (Å²) < 4.78 is 11.3. The minimum absolute atomic E-state index is 0.389. The van der Waals surface area contributed by atoms with E-state index in [0.29, 0.717) is 4.90 Å². The lowest BCUT2D eigenvalue weighted by molar-refractivity contribution is -0.220. The molecule has 0 aliphatic rings. The Hall–Kier alpha value is -1.07. The number of nitrogens with zero attached hydrogens (tertiary/aromatic N) is 1. The van der Waals surface area contributed by atoms with E-state index in [2.05, 4.69) is 22.1 Å². The van der Waals surface area contributed by atoms with Crippen molar-refractivity contribution < 1.29 is 14.0 Å². The van der Waals surface area contributed by atoms with Crippen LogP contribution in [0.1, 0.15) is 0 Å². The summed E-state index contributed by atoms with van der Waals surface area (Å²) in [4.78, 5) is 10.2. The first-order chi connectivity index (χ1) is 3.34. The highest BCUT2D eigenvalue weighted by molar-refractivity contribution is 5.98. The molecule has 0 aliphatic heterocycles. The molecule has 0 spiro atoms. The van der Waals surface area contributed by atoms with Gasteiger partial charge in [0.05, 0.1) is 4.90 Å². The number of aromatic nitrogens is 1. The standard InChI is InChI=1S/CBNO4/c2-6-3-1(4)5-7-3. The number of hydrogen-bond donors (Lipinski definition) is 0. The third-order valence-electron chi connectivity index (χ3n) is 0.421. The van der Waals surface area contributed by atoms with Crippen LogP contribution in [0.25, 0.3) is 0 Å². The van der Waals surface area contributed by atoms with E-state index in [0.717, 1.165) is 0 Å². The van der Waals surface area contributed by atoms with Gasteiger partial charge in [0.25, 0.3) is 0 Å². The number of hydrogen-bond acceptors (Lipinski definition) is 4. The molecule has 1 aromatic heterocycles. The maximum absolute atomic E-state index is 9.84. The van der Waals surface area contributed by atoms with Crippen molar-refractivity contribution in [3.05, 3.63) is 10.6 Å². The Morgan fingerprint density at radius 2 is 2.57 bits per heavy atom. The number of rotatable bonds is 1. The van der Waals surface area contributed by atoms with Crippen molar-refractivity contribution in [3.8, 4) is 0 Å². The summed E-state index contributed by atoms with van der Waals surface area (Å²) in [5.41, 5.74) is 0. The second-order valence-electron chi connectivity index (χ2n) is 0.786. The van der Waals surface area contributed by atoms with Gasteiger partial charge < -0.3 is 4.76 Å². The molecule has 0 amide bonds. The highest BCUT2D eigenvalue weighted by Gasteiger charge is 2.00. The maximum atomic E-state index is 9.84. The fourth-order valence-electron chi connectivity index (χ4n) is 0.159. The summed E-state index contributed by atoms with van der Waals surface area (Å²) in [5.74, 6) is -0.762. The van der Waals surface area contributed by atoms with Crippen LogP contribution in [-0.2, 0) is 0 Å². The van der Waals surface area contributed by atoms with Crippen LogP contribution in [0.4, 0.5) is 0 Å². The summed E-state index contributed by atoms with van der Waals surface area (Å²) in [6.45, 7) is 0. The molecule has 1 heterocycles. The fourth-order valence-corrected chi connectivity index (χ4v) is 0.159. The summed E-state index contributed by atoms with van der Waals surface area (Å²) >= 11 is 0. The zero-order valence-electron chi connectivity index (χ0n) is 3.16. The highest BCUT2D eigenvalue weighted by Crippen LogP contribution is 1.70. The lowest BCUT2D eigenvalue weighted by Crippen LogP contribution is -2.28. The van der Waals surface area contributed by atoms with Gasteiger partial charge in [-0.3, -0.25) is 0 Å². The van der Waals surface area contributed by atoms with Crippen LogP contribution in [0.3, 0.4) is 0 Å². The molecule has 0 N–H and O–H groups in total. The quantitative estimate of drug-likeness (QED) is 0.320. The molecule has 2 radical (unpaired) electrons. The zero-order valence-corrected chi connectivity index (χ0v) is 3.16. The highest BCUT2D eigenvalue weighted by atomic mass is 17.1. The van der Waals surface area contributed by atoms with E-state index >= 15 is 0 Å². The molecule has 0 unspecified atom stereocenters. The Balaban J connectivity index is 2.86. The van der Waals surface area contributed by atoms with Crippen LogP contribution in [0.2, 0.25) is 0 Å². The van der Waals surface area contributed by atoms with Crippen molar-refractivity contribution >= 4 is 8.05 Å². The second-order valence-corrected chi connectivity index (χ2v) is 0.786. The predicted octanol–water partition coefficient (Wildman–Crippen LogP) is -1.45. The topological polar surface area (TPSA) is 57.5 Å². The van der Waals surface area contributed by atoms with Crippen LogP contribution >= 0.6 is 0 Å². The first-order valence-corrected chi connectivity index (χ1v) is 1.40. The molecule has 5 nitrogen and oxygen atoms in total. The lowest BCUT2D eigenvalue weighted by Gasteiger charge is -1.95. The first-order valence-electron chi connectivity index (χ1n) is 1.40. The summed E-state index contributed by atoms with van der Waals surface area (Å²) in [7, 11) is 4.42. The predicted molar refractivity (Wildman–Crippen MR) is 17.6 cm³/mol. The molecule has 0 saturated carbocycles. The fraction of sp³-hybridized carbons (Fsp3) is 0. The SMILES string of the molecule is [B]On1ooc1=O. The van der Waals surface area contributed by atoms with Crippen molar-refractivity contribution in [2.75, 3.05) is 0 Å². The van der Waals surface area contributed by atoms with Crippen molar-refractivity contribution in [1.29, 1.82) is 0 Å². The van der Waals surface area contributed by atoms with Gasteiger partial charge in [0, 0.05) is 0 Å². The van der Waals surface area contributed by atoms with Gasteiger partial charge in [0.15, 0.2) is 0 Å². The normalized spacial score (nSPS) is 9.14. The minimum atomic E-state index is -0.762. The van der Waals surface area contributed by atoms with E-state index in [4.69, 9.17) is 0 Å². The Morgan fingerprint density at radius 1 is 1.86 bits per heavy atom. The molecular formula is CBNO4. The van der Waals surface area contributed by atoms with Gasteiger partial charge in [-0.15, -0.1) is 4.68 Å². The van der Waals surface area contributed by atoms with Gasteiger partial charge in [-0.05, 0) is 0 Å². The maximum Gasteiger partial charge on any atom is 0.523 e. The van der Waals surface area contributed by atoms with E-state index in [-0.39, 0.29) is 0 Å². The van der Waals surface area contributed by atoms with Crippen LogP contribution in [0, 0.1) is 0 Å². The largest absolute Gasteiger partial charge is 0.523 e. The van der Waals surface area contributed by atoms with Crippen LogP contribution in [0.5, 0.6) is 0 Å². The third kappa shape index (κ3) is 0.431. The smallest absolute Gasteiger partial charge is 0.462 e. The third-order valence-corrected chi connectivity index (χ3v) is 0.421. The Kier molecular flexibility index (Phi) is 0.711. The van der Waals surface area contributed by atoms with Gasteiger partial charge in [-0.2, -0.15) is 4.58 Å².